The minimum atomic E-state index is -4.36. The van der Waals surface area contributed by atoms with Crippen molar-refractivity contribution in [1.29, 1.82) is 0 Å². The predicted molar refractivity (Wildman–Crippen MR) is 57.8 cm³/mol. The topological polar surface area (TPSA) is 38.0 Å². The molecule has 0 amide bonds. The second kappa shape index (κ2) is 4.74. The fraction of sp³-hybridized carbons (Fsp3) is 0.455. The average Bonchev–Trinajstić information content (AvgIpc) is 2.14. The number of halogens is 3. The quantitative estimate of drug-likeness (QED) is 0.786. The summed E-state index contributed by atoms with van der Waals surface area (Å²) in [5, 5.41) is 2.95. The first-order valence-electron chi connectivity index (χ1n) is 4.99. The van der Waals surface area contributed by atoms with Crippen LogP contribution < -0.4 is 11.1 Å². The number of alkyl halides is 3. The van der Waals surface area contributed by atoms with E-state index in [4.69, 9.17) is 5.73 Å². The van der Waals surface area contributed by atoms with Crippen LogP contribution in [0.2, 0.25) is 0 Å². The molecule has 0 aliphatic carbocycles. The van der Waals surface area contributed by atoms with E-state index in [0.29, 0.717) is 0 Å². The minimum absolute atomic E-state index is 0.126. The standard InChI is InChI=1S/C11H15F3N2/c1-7(2)16-6-8-3-4-9(15)5-10(8)11(12,13)14/h3-5,7,16H,6,15H2,1-2H3. The molecular weight excluding hydrogens is 217 g/mol. The highest BCUT2D eigenvalue weighted by atomic mass is 19.4. The molecule has 0 bridgehead atoms. The van der Waals surface area contributed by atoms with E-state index in [9.17, 15) is 13.2 Å². The lowest BCUT2D eigenvalue weighted by atomic mass is 10.1. The summed E-state index contributed by atoms with van der Waals surface area (Å²) >= 11 is 0. The van der Waals surface area contributed by atoms with Gasteiger partial charge in [0.15, 0.2) is 0 Å². The average molecular weight is 232 g/mol. The number of nitrogens with one attached hydrogen (secondary N) is 1. The van der Waals surface area contributed by atoms with Crippen molar-refractivity contribution in [3.05, 3.63) is 29.3 Å². The Morgan fingerprint density at radius 2 is 1.94 bits per heavy atom. The Labute approximate surface area is 92.6 Å². The largest absolute Gasteiger partial charge is 0.416 e. The van der Waals surface area contributed by atoms with Crippen LogP contribution >= 0.6 is 0 Å². The third-order valence-corrected chi connectivity index (χ3v) is 2.14. The second-order valence-corrected chi connectivity index (χ2v) is 3.95. The van der Waals surface area contributed by atoms with Crippen molar-refractivity contribution in [2.24, 2.45) is 0 Å². The van der Waals surface area contributed by atoms with Crippen molar-refractivity contribution in [2.75, 3.05) is 5.73 Å². The summed E-state index contributed by atoms with van der Waals surface area (Å²) in [5.74, 6) is 0. The second-order valence-electron chi connectivity index (χ2n) is 3.95. The lowest BCUT2D eigenvalue weighted by molar-refractivity contribution is -0.138. The molecule has 0 aromatic heterocycles. The van der Waals surface area contributed by atoms with Gasteiger partial charge in [0.2, 0.25) is 0 Å². The normalized spacial score (nSPS) is 12.1. The highest BCUT2D eigenvalue weighted by Crippen LogP contribution is 2.33. The zero-order valence-electron chi connectivity index (χ0n) is 9.23. The van der Waals surface area contributed by atoms with Gasteiger partial charge in [0, 0.05) is 18.3 Å². The van der Waals surface area contributed by atoms with Crippen LogP contribution in [0.4, 0.5) is 18.9 Å². The Morgan fingerprint density at radius 3 is 2.44 bits per heavy atom. The van der Waals surface area contributed by atoms with Crippen LogP contribution in [0, 0.1) is 0 Å². The lowest BCUT2D eigenvalue weighted by Crippen LogP contribution is -2.24. The van der Waals surface area contributed by atoms with Crippen LogP contribution in [0.5, 0.6) is 0 Å². The maximum atomic E-state index is 12.7. The van der Waals surface area contributed by atoms with E-state index in [1.54, 1.807) is 0 Å². The Kier molecular flexibility index (Phi) is 3.80. The van der Waals surface area contributed by atoms with Gasteiger partial charge in [0.05, 0.1) is 5.56 Å². The number of hydrogen-bond acceptors (Lipinski definition) is 2. The molecule has 16 heavy (non-hydrogen) atoms. The molecule has 0 saturated carbocycles. The van der Waals surface area contributed by atoms with Gasteiger partial charge in [-0.2, -0.15) is 13.2 Å². The van der Waals surface area contributed by atoms with Crippen molar-refractivity contribution in [3.8, 4) is 0 Å². The van der Waals surface area contributed by atoms with Crippen molar-refractivity contribution in [1.82, 2.24) is 5.32 Å². The third-order valence-electron chi connectivity index (χ3n) is 2.14. The van der Waals surface area contributed by atoms with Crippen LogP contribution in [0.1, 0.15) is 25.0 Å². The first-order valence-corrected chi connectivity index (χ1v) is 4.99. The molecule has 0 heterocycles. The Hall–Kier alpha value is -1.23. The maximum absolute atomic E-state index is 12.7. The first-order chi connectivity index (χ1) is 7.30. The Morgan fingerprint density at radius 1 is 1.31 bits per heavy atom. The first kappa shape index (κ1) is 12.8. The molecule has 0 aliphatic rings. The minimum Gasteiger partial charge on any atom is -0.399 e. The summed E-state index contributed by atoms with van der Waals surface area (Å²) < 4.78 is 38.0. The molecule has 1 rings (SSSR count). The van der Waals surface area contributed by atoms with Crippen LogP contribution in [0.3, 0.4) is 0 Å². The molecule has 0 spiro atoms. The van der Waals surface area contributed by atoms with E-state index in [0.717, 1.165) is 6.07 Å². The van der Waals surface area contributed by atoms with Crippen molar-refractivity contribution in [2.45, 2.75) is 32.6 Å². The summed E-state index contributed by atoms with van der Waals surface area (Å²) in [6.45, 7) is 3.95. The number of nitrogen functional groups attached to an aromatic ring is 1. The molecule has 5 heteroatoms. The molecule has 2 nitrogen and oxygen atoms in total. The van der Waals surface area contributed by atoms with Gasteiger partial charge in [-0.05, 0) is 17.7 Å². The maximum Gasteiger partial charge on any atom is 0.416 e. The molecule has 0 saturated heterocycles. The Bertz CT molecular complexity index is 359. The van der Waals surface area contributed by atoms with Crippen LogP contribution in [-0.4, -0.2) is 6.04 Å². The Balaban J connectivity index is 2.99. The van der Waals surface area contributed by atoms with Gasteiger partial charge in [-0.1, -0.05) is 19.9 Å². The van der Waals surface area contributed by atoms with Gasteiger partial charge in [-0.25, -0.2) is 0 Å². The number of benzene rings is 1. The van der Waals surface area contributed by atoms with Gasteiger partial charge in [-0.15, -0.1) is 0 Å². The monoisotopic (exact) mass is 232 g/mol. The molecule has 0 radical (unpaired) electrons. The van der Waals surface area contributed by atoms with Crippen LogP contribution in [0.25, 0.3) is 0 Å². The lowest BCUT2D eigenvalue weighted by Gasteiger charge is -2.15. The van der Waals surface area contributed by atoms with Gasteiger partial charge in [0.1, 0.15) is 0 Å². The fourth-order valence-electron chi connectivity index (χ4n) is 1.33. The van der Waals surface area contributed by atoms with E-state index in [-0.39, 0.29) is 23.8 Å². The van der Waals surface area contributed by atoms with E-state index in [1.165, 1.54) is 12.1 Å². The summed E-state index contributed by atoms with van der Waals surface area (Å²) in [4.78, 5) is 0. The van der Waals surface area contributed by atoms with Crippen molar-refractivity contribution >= 4 is 5.69 Å². The molecule has 0 unspecified atom stereocenters. The third kappa shape index (κ3) is 3.41. The highest BCUT2D eigenvalue weighted by molar-refractivity contribution is 5.45. The molecule has 1 aromatic rings. The highest BCUT2D eigenvalue weighted by Gasteiger charge is 2.33. The zero-order valence-corrected chi connectivity index (χ0v) is 9.23. The predicted octanol–water partition coefficient (Wildman–Crippen LogP) is 2.79. The molecule has 90 valence electrons. The number of rotatable bonds is 3. The number of nitrogens with two attached hydrogens (primary N) is 1. The summed E-state index contributed by atoms with van der Waals surface area (Å²) in [6.07, 6.45) is -4.36. The zero-order chi connectivity index (χ0) is 12.3. The van der Waals surface area contributed by atoms with Crippen LogP contribution in [0.15, 0.2) is 18.2 Å². The molecule has 1 aromatic carbocycles. The smallest absolute Gasteiger partial charge is 0.399 e. The summed E-state index contributed by atoms with van der Waals surface area (Å²) in [6, 6.07) is 4.00. The van der Waals surface area contributed by atoms with E-state index < -0.39 is 11.7 Å². The number of hydrogen-bond donors (Lipinski definition) is 2. The van der Waals surface area contributed by atoms with E-state index in [2.05, 4.69) is 5.32 Å². The van der Waals surface area contributed by atoms with Crippen molar-refractivity contribution in [3.63, 3.8) is 0 Å². The molecule has 0 fully saturated rings. The van der Waals surface area contributed by atoms with E-state index >= 15 is 0 Å². The van der Waals surface area contributed by atoms with E-state index in [1.807, 2.05) is 13.8 Å². The number of anilines is 1. The van der Waals surface area contributed by atoms with Gasteiger partial charge in [-0.3, -0.25) is 0 Å². The van der Waals surface area contributed by atoms with Gasteiger partial charge in [0.25, 0.3) is 0 Å². The summed E-state index contributed by atoms with van der Waals surface area (Å²) in [7, 11) is 0. The summed E-state index contributed by atoms with van der Waals surface area (Å²) in [5.41, 5.74) is 5.04. The molecule has 0 aliphatic heterocycles. The molecule has 3 N–H and O–H groups in total. The molecule has 0 atom stereocenters. The SMILES string of the molecule is CC(C)NCc1ccc(N)cc1C(F)(F)F. The molecular formula is C11H15F3N2. The van der Waals surface area contributed by atoms with Crippen LogP contribution in [-0.2, 0) is 12.7 Å². The fourth-order valence-corrected chi connectivity index (χ4v) is 1.33. The van der Waals surface area contributed by atoms with Gasteiger partial charge >= 0.3 is 6.18 Å². The van der Waals surface area contributed by atoms with Gasteiger partial charge < -0.3 is 11.1 Å². The van der Waals surface area contributed by atoms with Crippen molar-refractivity contribution < 1.29 is 13.2 Å².